The summed E-state index contributed by atoms with van der Waals surface area (Å²) in [6.07, 6.45) is 5.41. The minimum atomic E-state index is -3.25. The smallest absolute Gasteiger partial charge is 0.210 e. The molecule has 0 saturated heterocycles. The number of benzene rings is 2. The van der Waals surface area contributed by atoms with Crippen molar-refractivity contribution in [3.63, 3.8) is 0 Å². The summed E-state index contributed by atoms with van der Waals surface area (Å²) in [5.74, 6) is 1.61. The maximum Gasteiger partial charge on any atom is 0.210 e. The van der Waals surface area contributed by atoms with Gasteiger partial charge in [-0.15, -0.1) is 0 Å². The van der Waals surface area contributed by atoms with Crippen LogP contribution in [0.1, 0.15) is 59.7 Å². The minimum Gasteiger partial charge on any atom is -0.494 e. The number of sulfonamides is 1. The van der Waals surface area contributed by atoms with Gasteiger partial charge in [-0.1, -0.05) is 30.3 Å². The summed E-state index contributed by atoms with van der Waals surface area (Å²) in [5.41, 5.74) is 6.36. The topological polar surface area (TPSA) is 70.7 Å². The molecule has 0 amide bonds. The molecule has 2 aliphatic rings. The Bertz CT molecular complexity index is 1050. The van der Waals surface area contributed by atoms with E-state index in [0.29, 0.717) is 19.1 Å². The maximum atomic E-state index is 11.6. The van der Waals surface area contributed by atoms with Crippen molar-refractivity contribution in [1.82, 2.24) is 14.9 Å². The van der Waals surface area contributed by atoms with Gasteiger partial charge in [0.05, 0.1) is 19.0 Å². The second-order valence-corrected chi connectivity index (χ2v) is 10.9. The molecule has 2 atom stereocenters. The lowest BCUT2D eigenvalue weighted by Crippen LogP contribution is -2.33. The summed E-state index contributed by atoms with van der Waals surface area (Å²) in [6.45, 7) is 5.49. The minimum absolute atomic E-state index is 0.329. The molecule has 1 aliphatic carbocycles. The Hall–Kier alpha value is -1.93. The third-order valence-corrected chi connectivity index (χ3v) is 7.21. The fraction of sp³-hybridized carbons (Fsp3) is 0.520. The standard InChI is InChI=1S/C25H35N3O3S/c1-4-31-24-10-6-8-21-19(7-5-9-23(21)24)17-28(2)14-13-18-11-12-22-20(15-18)16-26-25(22)27-32(3,29)30/h6,8,10-12,15,19,25-27H,4-5,7,9,13-14,16-17H2,1-3H3/t19-,25?/m0/s1. The predicted octanol–water partition coefficient (Wildman–Crippen LogP) is 3.33. The van der Waals surface area contributed by atoms with E-state index in [2.05, 4.69) is 58.4 Å². The van der Waals surface area contributed by atoms with E-state index in [4.69, 9.17) is 4.74 Å². The number of likely N-dealkylation sites (N-methyl/N-ethyl adjacent to an activating group) is 1. The molecule has 32 heavy (non-hydrogen) atoms. The highest BCUT2D eigenvalue weighted by atomic mass is 32.2. The zero-order chi connectivity index (χ0) is 22.7. The van der Waals surface area contributed by atoms with Gasteiger partial charge in [0, 0.05) is 19.6 Å². The van der Waals surface area contributed by atoms with Crippen LogP contribution in [-0.2, 0) is 29.4 Å². The van der Waals surface area contributed by atoms with Crippen molar-refractivity contribution in [2.45, 2.75) is 51.2 Å². The zero-order valence-electron chi connectivity index (χ0n) is 19.4. The molecule has 0 fully saturated rings. The van der Waals surface area contributed by atoms with Gasteiger partial charge in [-0.2, -0.15) is 4.72 Å². The fourth-order valence-electron chi connectivity index (χ4n) is 5.07. The molecule has 2 aromatic carbocycles. The molecule has 2 aromatic rings. The van der Waals surface area contributed by atoms with E-state index in [1.165, 1.54) is 41.4 Å². The summed E-state index contributed by atoms with van der Waals surface area (Å²) < 4.78 is 31.7. The van der Waals surface area contributed by atoms with E-state index in [1.807, 2.05) is 6.92 Å². The largest absolute Gasteiger partial charge is 0.494 e. The summed E-state index contributed by atoms with van der Waals surface area (Å²) in [7, 11) is -1.04. The SMILES string of the molecule is CCOc1cccc2c1CCC[C@H]2CN(C)CCc1ccc2c(c1)CNC2NS(C)(=O)=O. The van der Waals surface area contributed by atoms with Crippen LogP contribution >= 0.6 is 0 Å². The van der Waals surface area contributed by atoms with Crippen LogP contribution in [0.15, 0.2) is 36.4 Å². The Morgan fingerprint density at radius 2 is 2.06 bits per heavy atom. The molecule has 0 saturated carbocycles. The molecule has 1 unspecified atom stereocenters. The highest BCUT2D eigenvalue weighted by molar-refractivity contribution is 7.88. The van der Waals surface area contributed by atoms with Gasteiger partial charge in [-0.25, -0.2) is 8.42 Å². The van der Waals surface area contributed by atoms with Crippen molar-refractivity contribution in [3.05, 3.63) is 64.2 Å². The van der Waals surface area contributed by atoms with Crippen molar-refractivity contribution >= 4 is 10.0 Å². The van der Waals surface area contributed by atoms with Crippen LogP contribution < -0.4 is 14.8 Å². The first-order valence-electron chi connectivity index (χ1n) is 11.6. The van der Waals surface area contributed by atoms with Gasteiger partial charge >= 0.3 is 0 Å². The Morgan fingerprint density at radius 3 is 2.84 bits per heavy atom. The molecule has 4 rings (SSSR count). The van der Waals surface area contributed by atoms with Crippen molar-refractivity contribution < 1.29 is 13.2 Å². The van der Waals surface area contributed by atoms with Gasteiger partial charge in [0.1, 0.15) is 5.75 Å². The quantitative estimate of drug-likeness (QED) is 0.604. The fourth-order valence-corrected chi connectivity index (χ4v) is 5.71. The van der Waals surface area contributed by atoms with Crippen LogP contribution in [0.3, 0.4) is 0 Å². The number of nitrogens with one attached hydrogen (secondary N) is 2. The molecule has 7 heteroatoms. The summed E-state index contributed by atoms with van der Waals surface area (Å²) in [4.78, 5) is 2.44. The van der Waals surface area contributed by atoms with Crippen LogP contribution in [0, 0.1) is 0 Å². The first-order valence-corrected chi connectivity index (χ1v) is 13.5. The van der Waals surface area contributed by atoms with E-state index < -0.39 is 10.0 Å². The Kier molecular flexibility index (Phi) is 7.20. The third kappa shape index (κ3) is 5.52. The molecule has 0 bridgehead atoms. The van der Waals surface area contributed by atoms with E-state index in [9.17, 15) is 8.42 Å². The number of fused-ring (bicyclic) bond motifs is 2. The number of ether oxygens (including phenoxy) is 1. The van der Waals surface area contributed by atoms with Crippen LogP contribution in [0.25, 0.3) is 0 Å². The van der Waals surface area contributed by atoms with Crippen LogP contribution in [0.2, 0.25) is 0 Å². The van der Waals surface area contributed by atoms with E-state index in [1.54, 1.807) is 0 Å². The lowest BCUT2D eigenvalue weighted by atomic mass is 9.82. The van der Waals surface area contributed by atoms with Gasteiger partial charge in [0.2, 0.25) is 10.0 Å². The number of nitrogens with zero attached hydrogens (tertiary/aromatic N) is 1. The molecule has 1 aliphatic heterocycles. The molecule has 174 valence electrons. The molecular formula is C25H35N3O3S. The second kappa shape index (κ2) is 9.91. The zero-order valence-corrected chi connectivity index (χ0v) is 20.2. The summed E-state index contributed by atoms with van der Waals surface area (Å²) in [6, 6.07) is 12.9. The average molecular weight is 458 g/mol. The highest BCUT2D eigenvalue weighted by Gasteiger charge is 2.25. The van der Waals surface area contributed by atoms with Gasteiger partial charge in [-0.05, 0) is 79.5 Å². The molecule has 1 heterocycles. The van der Waals surface area contributed by atoms with E-state index >= 15 is 0 Å². The normalized spacial score (nSPS) is 20.2. The second-order valence-electron chi connectivity index (χ2n) is 9.10. The molecule has 0 radical (unpaired) electrons. The number of rotatable bonds is 9. The Labute approximate surface area is 192 Å². The molecule has 0 spiro atoms. The van der Waals surface area contributed by atoms with E-state index in [-0.39, 0.29) is 6.17 Å². The van der Waals surface area contributed by atoms with Gasteiger partial charge < -0.3 is 9.64 Å². The lowest BCUT2D eigenvalue weighted by Gasteiger charge is -2.30. The number of hydrogen-bond donors (Lipinski definition) is 2. The maximum absolute atomic E-state index is 11.6. The van der Waals surface area contributed by atoms with Gasteiger partial charge in [0.25, 0.3) is 0 Å². The first-order chi connectivity index (χ1) is 15.3. The predicted molar refractivity (Wildman–Crippen MR) is 128 cm³/mol. The third-order valence-electron chi connectivity index (χ3n) is 6.55. The molecule has 2 N–H and O–H groups in total. The Morgan fingerprint density at radius 1 is 1.22 bits per heavy atom. The first kappa shape index (κ1) is 23.2. The highest BCUT2D eigenvalue weighted by Crippen LogP contribution is 2.37. The molecule has 0 aromatic heterocycles. The van der Waals surface area contributed by atoms with Gasteiger partial charge in [0.15, 0.2) is 0 Å². The van der Waals surface area contributed by atoms with Crippen LogP contribution in [0.4, 0.5) is 0 Å². The monoisotopic (exact) mass is 457 g/mol. The van der Waals surface area contributed by atoms with Gasteiger partial charge in [-0.3, -0.25) is 5.32 Å². The van der Waals surface area contributed by atoms with Crippen molar-refractivity contribution in [2.75, 3.05) is 33.0 Å². The molecule has 6 nitrogen and oxygen atoms in total. The number of hydrogen-bond acceptors (Lipinski definition) is 5. The van der Waals surface area contributed by atoms with E-state index in [0.717, 1.165) is 37.2 Å². The lowest BCUT2D eigenvalue weighted by molar-refractivity contribution is 0.296. The summed E-state index contributed by atoms with van der Waals surface area (Å²) in [5, 5.41) is 3.24. The summed E-state index contributed by atoms with van der Waals surface area (Å²) >= 11 is 0. The van der Waals surface area contributed by atoms with Crippen LogP contribution in [0.5, 0.6) is 5.75 Å². The average Bonchev–Trinajstić information content (AvgIpc) is 3.13. The Balaban J connectivity index is 1.36. The van der Waals surface area contributed by atoms with Crippen LogP contribution in [-0.4, -0.2) is 46.3 Å². The molecular weight excluding hydrogens is 422 g/mol. The van der Waals surface area contributed by atoms with Crippen molar-refractivity contribution in [2.24, 2.45) is 0 Å². The van der Waals surface area contributed by atoms with Crippen molar-refractivity contribution in [1.29, 1.82) is 0 Å². The van der Waals surface area contributed by atoms with Crippen molar-refractivity contribution in [3.8, 4) is 5.75 Å².